The number of hydrogen-bond donors (Lipinski definition) is 0. The van der Waals surface area contributed by atoms with Gasteiger partial charge >= 0.3 is 0 Å². The van der Waals surface area contributed by atoms with Crippen LogP contribution in [-0.4, -0.2) is 45.8 Å². The number of amides is 1. The van der Waals surface area contributed by atoms with Crippen molar-refractivity contribution in [3.8, 4) is 11.3 Å². The highest BCUT2D eigenvalue weighted by Crippen LogP contribution is 2.24. The molecule has 0 saturated heterocycles. The molecule has 0 aliphatic carbocycles. The van der Waals surface area contributed by atoms with Crippen LogP contribution in [0.15, 0.2) is 41.4 Å². The topological polar surface area (TPSA) is 62.9 Å². The van der Waals surface area contributed by atoms with E-state index in [1.54, 1.807) is 16.3 Å². The Hall–Kier alpha value is -3.02. The molecule has 0 aliphatic heterocycles. The van der Waals surface area contributed by atoms with E-state index in [1.165, 1.54) is 6.34 Å². The van der Waals surface area contributed by atoms with Gasteiger partial charge in [-0.1, -0.05) is 30.3 Å². The van der Waals surface area contributed by atoms with Crippen LogP contribution in [0.2, 0.25) is 0 Å². The summed E-state index contributed by atoms with van der Waals surface area (Å²) in [4.78, 5) is 22.7. The van der Waals surface area contributed by atoms with Crippen LogP contribution in [0.1, 0.15) is 21.7 Å². The summed E-state index contributed by atoms with van der Waals surface area (Å²) in [5, 5.41) is 4.52. The fraction of sp³-hybridized carbons (Fsp3) is 0.222. The first-order chi connectivity index (χ1) is 11.5. The number of rotatable bonds is 3. The second-order valence-corrected chi connectivity index (χ2v) is 5.86. The molecule has 0 radical (unpaired) electrons. The lowest BCUT2D eigenvalue weighted by atomic mass is 10.1. The molecule has 3 rings (SSSR count). The number of benzene rings is 1. The predicted octanol–water partition coefficient (Wildman–Crippen LogP) is 2.74. The fourth-order valence-electron chi connectivity index (χ4n) is 2.54. The van der Waals surface area contributed by atoms with Gasteiger partial charge in [0.2, 0.25) is 0 Å². The fourth-order valence-corrected chi connectivity index (χ4v) is 2.54. The molecule has 6 heteroatoms. The number of aliphatic imine (C=N–C) groups is 1. The maximum atomic E-state index is 12.5. The summed E-state index contributed by atoms with van der Waals surface area (Å²) in [6.45, 7) is 3.71. The second kappa shape index (κ2) is 6.23. The van der Waals surface area contributed by atoms with Crippen molar-refractivity contribution < 1.29 is 4.79 Å². The van der Waals surface area contributed by atoms with Gasteiger partial charge in [0.25, 0.3) is 5.91 Å². The number of carbonyl (C=O) groups excluding carboxylic acids is 1. The van der Waals surface area contributed by atoms with Gasteiger partial charge < -0.3 is 4.90 Å². The van der Waals surface area contributed by atoms with Crippen LogP contribution >= 0.6 is 0 Å². The number of aryl methyl sites for hydroxylation is 2. The van der Waals surface area contributed by atoms with Gasteiger partial charge in [0, 0.05) is 25.4 Å². The van der Waals surface area contributed by atoms with Gasteiger partial charge in [0.15, 0.2) is 5.65 Å². The minimum Gasteiger partial charge on any atom is -0.369 e. The summed E-state index contributed by atoms with van der Waals surface area (Å²) < 4.78 is 1.72. The normalized spacial score (nSPS) is 11.3. The molecule has 1 amide bonds. The summed E-state index contributed by atoms with van der Waals surface area (Å²) in [6, 6.07) is 11.9. The highest BCUT2D eigenvalue weighted by molar-refractivity contribution is 6.04. The Labute approximate surface area is 140 Å². The van der Waals surface area contributed by atoms with E-state index in [4.69, 9.17) is 0 Å². The van der Waals surface area contributed by atoms with Crippen molar-refractivity contribution in [2.45, 2.75) is 13.8 Å². The van der Waals surface area contributed by atoms with Crippen molar-refractivity contribution in [2.75, 3.05) is 14.1 Å². The monoisotopic (exact) mass is 321 g/mol. The summed E-state index contributed by atoms with van der Waals surface area (Å²) in [5.74, 6) is -0.340. The average Bonchev–Trinajstić information content (AvgIpc) is 2.88. The highest BCUT2D eigenvalue weighted by Gasteiger charge is 2.20. The van der Waals surface area contributed by atoms with Crippen molar-refractivity contribution in [2.24, 2.45) is 4.99 Å². The van der Waals surface area contributed by atoms with Gasteiger partial charge in [-0.05, 0) is 19.9 Å². The Bertz CT molecular complexity index is 925. The average molecular weight is 321 g/mol. The van der Waals surface area contributed by atoms with Crippen LogP contribution in [0, 0.1) is 13.8 Å². The van der Waals surface area contributed by atoms with Gasteiger partial charge in [-0.3, -0.25) is 4.79 Å². The molecule has 2 heterocycles. The molecular weight excluding hydrogens is 302 g/mol. The molecule has 0 fully saturated rings. The Balaban J connectivity index is 2.22. The van der Waals surface area contributed by atoms with Crippen molar-refractivity contribution in [1.82, 2.24) is 19.5 Å². The molecule has 6 nitrogen and oxygen atoms in total. The molecule has 0 bridgehead atoms. The number of nitrogens with zero attached hydrogens (tertiary/aromatic N) is 5. The maximum Gasteiger partial charge on any atom is 0.284 e. The van der Waals surface area contributed by atoms with E-state index in [9.17, 15) is 4.79 Å². The number of aromatic nitrogens is 3. The Kier molecular flexibility index (Phi) is 4.12. The maximum absolute atomic E-state index is 12.5. The van der Waals surface area contributed by atoms with Crippen LogP contribution < -0.4 is 0 Å². The first-order valence-electron chi connectivity index (χ1n) is 7.64. The summed E-state index contributed by atoms with van der Waals surface area (Å²) in [5.41, 5.74) is 4.34. The van der Waals surface area contributed by atoms with Crippen LogP contribution in [-0.2, 0) is 0 Å². The number of fused-ring (bicyclic) bond motifs is 1. The Morgan fingerprint density at radius 1 is 1.21 bits per heavy atom. The van der Waals surface area contributed by atoms with E-state index in [0.717, 1.165) is 17.0 Å². The first kappa shape index (κ1) is 15.9. The third-order valence-corrected chi connectivity index (χ3v) is 3.58. The lowest BCUT2D eigenvalue weighted by molar-refractivity contribution is 0.100. The minimum absolute atomic E-state index is 0.340. The molecule has 24 heavy (non-hydrogen) atoms. The van der Waals surface area contributed by atoms with Gasteiger partial charge in [-0.15, -0.1) is 0 Å². The van der Waals surface area contributed by atoms with Gasteiger partial charge in [0.05, 0.1) is 17.7 Å². The molecule has 2 aromatic heterocycles. The van der Waals surface area contributed by atoms with Crippen molar-refractivity contribution in [3.05, 3.63) is 53.3 Å². The molecule has 3 aromatic rings. The van der Waals surface area contributed by atoms with E-state index in [2.05, 4.69) is 15.1 Å². The van der Waals surface area contributed by atoms with Crippen molar-refractivity contribution in [3.63, 3.8) is 0 Å². The zero-order valence-corrected chi connectivity index (χ0v) is 14.2. The largest absolute Gasteiger partial charge is 0.369 e. The molecule has 0 unspecified atom stereocenters. The summed E-state index contributed by atoms with van der Waals surface area (Å²) in [7, 11) is 3.63. The summed E-state index contributed by atoms with van der Waals surface area (Å²) in [6.07, 6.45) is 1.49. The molecule has 0 spiro atoms. The van der Waals surface area contributed by atoms with Crippen LogP contribution in [0.25, 0.3) is 16.9 Å². The Morgan fingerprint density at radius 2 is 1.92 bits per heavy atom. The molecular formula is C18H19N5O. The third-order valence-electron chi connectivity index (χ3n) is 3.58. The molecule has 0 saturated carbocycles. The molecule has 0 N–H and O–H groups in total. The smallest absolute Gasteiger partial charge is 0.284 e. The highest BCUT2D eigenvalue weighted by atomic mass is 16.1. The molecule has 1 aromatic carbocycles. The van der Waals surface area contributed by atoms with Gasteiger partial charge in [0.1, 0.15) is 5.56 Å². The predicted molar refractivity (Wildman–Crippen MR) is 94.4 cm³/mol. The lowest BCUT2D eigenvalue weighted by Crippen LogP contribution is -2.10. The number of carbonyl (C=O) groups is 1. The standard InChI is InChI=1S/C18H19N5O/c1-12-10-15(14-8-6-5-7-9-14)23-17(20-12)16(13(2)21-23)18(24)19-11-22(3)4/h5-11H,1-4H3. The third kappa shape index (κ3) is 2.90. The first-order valence-corrected chi connectivity index (χ1v) is 7.64. The SMILES string of the molecule is Cc1cc(-c2ccccc2)n2nc(C)c(C(=O)N=CN(C)C)c2n1. The molecule has 122 valence electrons. The van der Waals surface area contributed by atoms with E-state index in [1.807, 2.05) is 57.4 Å². The van der Waals surface area contributed by atoms with Crippen LogP contribution in [0.3, 0.4) is 0 Å². The minimum atomic E-state index is -0.340. The van der Waals surface area contributed by atoms with E-state index in [-0.39, 0.29) is 5.91 Å². The second-order valence-electron chi connectivity index (χ2n) is 5.86. The molecule has 0 atom stereocenters. The van der Waals surface area contributed by atoms with E-state index in [0.29, 0.717) is 16.9 Å². The van der Waals surface area contributed by atoms with Crippen LogP contribution in [0.5, 0.6) is 0 Å². The van der Waals surface area contributed by atoms with Gasteiger partial charge in [-0.25, -0.2) is 9.50 Å². The molecule has 0 aliphatic rings. The lowest BCUT2D eigenvalue weighted by Gasteiger charge is -2.06. The zero-order valence-electron chi connectivity index (χ0n) is 14.2. The van der Waals surface area contributed by atoms with Crippen LogP contribution in [0.4, 0.5) is 0 Å². The zero-order chi connectivity index (χ0) is 17.3. The quantitative estimate of drug-likeness (QED) is 0.550. The van der Waals surface area contributed by atoms with Gasteiger partial charge in [-0.2, -0.15) is 10.1 Å². The van der Waals surface area contributed by atoms with Crippen molar-refractivity contribution in [1.29, 1.82) is 0 Å². The number of hydrogen-bond acceptors (Lipinski definition) is 3. The Morgan fingerprint density at radius 3 is 2.58 bits per heavy atom. The van der Waals surface area contributed by atoms with E-state index >= 15 is 0 Å². The van der Waals surface area contributed by atoms with Crippen molar-refractivity contribution >= 4 is 17.9 Å². The summed E-state index contributed by atoms with van der Waals surface area (Å²) >= 11 is 0. The van der Waals surface area contributed by atoms with E-state index < -0.39 is 0 Å².